The van der Waals surface area contributed by atoms with Crippen molar-refractivity contribution in [2.24, 2.45) is 53.3 Å². The Morgan fingerprint density at radius 1 is 0.428 bits per heavy atom. The van der Waals surface area contributed by atoms with Crippen LogP contribution in [0.4, 0.5) is 17.1 Å². The summed E-state index contributed by atoms with van der Waals surface area (Å²) < 4.78 is 132. The van der Waals surface area contributed by atoms with Crippen LogP contribution in [0.5, 0.6) is 17.2 Å². The minimum Gasteiger partial charge on any atom is -0.490 e. The van der Waals surface area contributed by atoms with Crippen LogP contribution in [0.25, 0.3) is 0 Å². The Morgan fingerprint density at radius 3 is 1.14 bits per heavy atom. The first-order valence-corrected chi connectivity index (χ1v) is 62.1. The van der Waals surface area contributed by atoms with Crippen LogP contribution < -0.4 is 43.1 Å². The van der Waals surface area contributed by atoms with Crippen molar-refractivity contribution < 1.29 is 82.7 Å². The van der Waals surface area contributed by atoms with Gasteiger partial charge in [0.05, 0.1) is 88.2 Å². The van der Waals surface area contributed by atoms with E-state index in [2.05, 4.69) is 77.4 Å². The number of nitrogens with one attached hydrogen (secondary N) is 3. The summed E-state index contributed by atoms with van der Waals surface area (Å²) in [6, 6.07) is 34.4. The Bertz CT molecular complexity index is 6210. The van der Waals surface area contributed by atoms with Crippen LogP contribution in [-0.2, 0) is 89.3 Å². The predicted octanol–water partition coefficient (Wildman–Crippen LogP) is 19.8. The van der Waals surface area contributed by atoms with Gasteiger partial charge < -0.3 is 53.0 Å². The maximum atomic E-state index is 13.6. The number of aldehydes is 1. The molecular weight excluding hydrogens is 2040 g/mol. The first-order chi connectivity index (χ1) is 69.5. The number of sulfonamides is 3. The van der Waals surface area contributed by atoms with E-state index in [1.54, 1.807) is 71.4 Å². The molecule has 5 fully saturated rings. The highest BCUT2D eigenvalue weighted by Gasteiger charge is 2.57. The van der Waals surface area contributed by atoms with Crippen LogP contribution in [0.1, 0.15) is 215 Å². The third-order valence-electron chi connectivity index (χ3n) is 34.4. The molecule has 6 aromatic rings. The summed E-state index contributed by atoms with van der Waals surface area (Å²) in [4.78, 5) is 60.7. The summed E-state index contributed by atoms with van der Waals surface area (Å²) in [6.45, 7) is 17.8. The number of carbonyl (C=O) groups excluding carboxylic acids is 4. The standard InChI is InChI=1S/C39H51ClN2O6S3.C36H45ClN2O7S.C36H45ClN2O5S3/c1-26-7-4-16-39(48-18-17-46-3,37-49-19-6-20-50-37)33-12-9-30(33)23-42-24-38(15-5-8-28-21-31(40)11-13-32(28)38)25-47-35-14-10-29(22-34(35)42)36(43)41-51(44,45)27(26)2;1-24-6-4-15-36(22-40,46-17-16-44-3)31-11-8-28(31)20-39-21-35(14-5-7-26-18-29(37)10-12-30(26)35)23-45-33-13-9-27(19-32(33)39)34(41)38-47(42,43)25(24)2;1-23-6-3-15-36(41,34-45-16-5-17-46-34)30-11-8-27(30)20-39-21-35(14-4-7-25-18-28(37)10-12-29(25)35)22-44-32-13-9-26(19-31(32)39)33(40)38-47(42,43)24(23)2/h4,10-11,13-14,16,21-22,26-27,30,33,37H,5-9,12,15,17-20,23-25H2,1-3H3,(H,41,43);4,9-10,12-13,15,18-19,22,24-25,28,31H,5-8,11,14,16-17,20-21,23H2,1-3H3,(H,38,41);3,9-10,12-13,15,18-19,23-24,27,30,34,41H,4-8,11,14,16-17,20-22H2,1-2H3,(H,38,40)/b16-4+;15-4+;15-3+/t26-,27+,30-,33+,38-,39-;24-,25+,28-,31+,35-,36+;23-,24+,27-,30+,35-,36-/m000/s1. The molecule has 8 heterocycles. The molecule has 20 rings (SSSR count). The molecule has 8 aliphatic heterocycles. The minimum absolute atomic E-state index is 0.0302. The molecule has 14 aliphatic rings. The van der Waals surface area contributed by atoms with E-state index in [1.165, 1.54) is 39.8 Å². The molecule has 786 valence electrons. The summed E-state index contributed by atoms with van der Waals surface area (Å²) >= 11 is 27.1. The monoisotopic (exact) mass is 2170 g/mol. The van der Waals surface area contributed by atoms with Crippen molar-refractivity contribution >= 4 is 153 Å². The number of hydrogen-bond donors (Lipinski definition) is 4. The van der Waals surface area contributed by atoms with Crippen molar-refractivity contribution in [2.75, 3.05) is 137 Å². The lowest BCUT2D eigenvalue weighted by molar-refractivity contribution is -0.144. The molecule has 24 nitrogen and oxygen atoms in total. The fourth-order valence-corrected chi connectivity index (χ4v) is 36.1. The highest BCUT2D eigenvalue weighted by molar-refractivity contribution is 8.18. The Balaban J connectivity index is 0.000000143. The summed E-state index contributed by atoms with van der Waals surface area (Å²) in [7, 11) is -8.61. The maximum absolute atomic E-state index is 13.6. The number of hydrogen-bond acceptors (Lipinski definition) is 25. The van der Waals surface area contributed by atoms with Crippen molar-refractivity contribution in [3.8, 4) is 17.2 Å². The van der Waals surface area contributed by atoms with Crippen LogP contribution in [0.3, 0.4) is 0 Å². The van der Waals surface area contributed by atoms with Crippen LogP contribution >= 0.6 is 81.9 Å². The number of amides is 3. The zero-order chi connectivity index (χ0) is 102. The summed E-state index contributed by atoms with van der Waals surface area (Å²) in [5, 5.41) is 12.4. The minimum atomic E-state index is -4.00. The molecule has 145 heavy (non-hydrogen) atoms. The molecule has 18 atom stereocenters. The second-order valence-corrected chi connectivity index (χ2v) is 56.2. The number of rotatable bonds is 11. The fraction of sp³-hybridized carbons (Fsp3) is 0.586. The first kappa shape index (κ1) is 108. The molecule has 4 N–H and O–H groups in total. The Morgan fingerprint density at radius 2 is 0.779 bits per heavy atom. The van der Waals surface area contributed by atoms with Crippen molar-refractivity contribution in [1.29, 1.82) is 0 Å². The van der Waals surface area contributed by atoms with Gasteiger partial charge in [-0.25, -0.2) is 39.4 Å². The Hall–Kier alpha value is -6.66. The van der Waals surface area contributed by atoms with Crippen LogP contribution in [0, 0.1) is 53.3 Å². The molecule has 34 heteroatoms. The summed E-state index contributed by atoms with van der Waals surface area (Å²) in [5.41, 5.74) is 7.13. The number of allylic oxidation sites excluding steroid dienone is 3. The maximum Gasteiger partial charge on any atom is 0.264 e. The number of aliphatic hydroxyl groups is 1. The van der Waals surface area contributed by atoms with Crippen LogP contribution in [0.2, 0.25) is 15.1 Å². The molecule has 3 saturated carbocycles. The topological polar surface area (TPSA) is 301 Å². The highest BCUT2D eigenvalue weighted by Crippen LogP contribution is 2.59. The van der Waals surface area contributed by atoms with Gasteiger partial charge in [0.2, 0.25) is 30.1 Å². The number of thioether (sulfide) groups is 4. The fourth-order valence-electron chi connectivity index (χ4n) is 25.0. The van der Waals surface area contributed by atoms with Gasteiger partial charge in [0.1, 0.15) is 34.1 Å². The molecule has 3 amide bonds. The number of halogens is 3. The van der Waals surface area contributed by atoms with E-state index in [0.29, 0.717) is 119 Å². The number of carbonyl (C=O) groups is 4. The molecule has 6 aromatic carbocycles. The Kier molecular flexibility index (Phi) is 33.8. The second kappa shape index (κ2) is 45.3. The van der Waals surface area contributed by atoms with E-state index in [-0.39, 0.29) is 90.5 Å². The predicted molar refractivity (Wildman–Crippen MR) is 584 cm³/mol. The second-order valence-electron chi connectivity index (χ2n) is 43.3. The van der Waals surface area contributed by atoms with Gasteiger partial charge in [-0.15, -0.1) is 47.0 Å². The average Bonchev–Trinajstić information content (AvgIpc) is 1.74. The molecule has 0 radical (unpaired) electrons. The van der Waals surface area contributed by atoms with Crippen molar-refractivity contribution in [3.63, 3.8) is 0 Å². The molecule has 3 spiro atoms. The van der Waals surface area contributed by atoms with E-state index >= 15 is 0 Å². The first-order valence-electron chi connectivity index (χ1n) is 52.1. The van der Waals surface area contributed by atoms with Gasteiger partial charge in [0.25, 0.3) is 17.7 Å². The van der Waals surface area contributed by atoms with Crippen molar-refractivity contribution in [3.05, 3.63) is 211 Å². The lowest BCUT2D eigenvalue weighted by atomic mass is 9.64. The quantitative estimate of drug-likeness (QED) is 0.0532. The van der Waals surface area contributed by atoms with Gasteiger partial charge in [0.15, 0.2) is 6.29 Å². The number of aryl methyl sites for hydroxylation is 3. The van der Waals surface area contributed by atoms with E-state index in [0.717, 1.165) is 172 Å². The molecule has 2 saturated heterocycles. The summed E-state index contributed by atoms with van der Waals surface area (Å²) in [6.07, 6.45) is 31.4. The van der Waals surface area contributed by atoms with Gasteiger partial charge >= 0.3 is 0 Å². The number of anilines is 3. The molecule has 6 bridgehead atoms. The molecule has 6 aliphatic carbocycles. The van der Waals surface area contributed by atoms with Gasteiger partial charge in [0, 0.05) is 107 Å². The normalized spacial score (nSPS) is 33.5. The largest absolute Gasteiger partial charge is 0.490 e. The lowest BCUT2D eigenvalue weighted by Gasteiger charge is -2.53. The lowest BCUT2D eigenvalue weighted by Crippen LogP contribution is -2.57. The van der Waals surface area contributed by atoms with Gasteiger partial charge in [-0.1, -0.05) is 104 Å². The van der Waals surface area contributed by atoms with Crippen molar-refractivity contribution in [1.82, 2.24) is 14.2 Å². The SMILES string of the molecule is COCCO[C@@]1(C2SCCCS2)/C=C/C[C@H](C)[C@@H](C)S(=O)(=O)NC(=O)c2ccc3c(c2)N(C[C@@H]2CC[C@H]21)C[C@@]1(CCCc2cc(Cl)ccc21)CO3.COCCO[C@@]1(C=O)/C=C/C[C@H](C)[C@@H](C)S(=O)(=O)NC(=O)c2ccc3c(c2)N(C[C@@H]2CC[C@H]21)C[C@@]1(CCCc2cc(Cl)ccc21)CO3.C[C@@H]1[C@@H](C)C/C=C/[C@@](O)(C2SCCCS2)[C@@H]2CC[C@H]2CN2C[C@@]3(CCCc4cc(Cl)ccc43)COc3ccc(cc32)C(=O)NS1(=O)=O. The number of ether oxygens (including phenoxy) is 7. The molecule has 0 unspecified atom stereocenters. The molecule has 0 aromatic heterocycles. The highest BCUT2D eigenvalue weighted by atomic mass is 35.5. The molecular formula is C111H141Cl3N6O18S7. The third-order valence-corrected chi connectivity index (χ3v) is 47.3. The Labute approximate surface area is 889 Å². The van der Waals surface area contributed by atoms with E-state index < -0.39 is 80.3 Å². The number of fused-ring (bicyclic) bond motifs is 12. The van der Waals surface area contributed by atoms with Crippen LogP contribution in [0.15, 0.2) is 146 Å². The van der Waals surface area contributed by atoms with Gasteiger partial charge in [-0.05, 0) is 350 Å². The number of methoxy groups -OCH3 is 2. The van der Waals surface area contributed by atoms with E-state index in [1.807, 2.05) is 129 Å². The number of nitrogens with zero attached hydrogens (tertiary/aromatic N) is 3. The number of benzene rings is 6. The third kappa shape index (κ3) is 22.6. The zero-order valence-electron chi connectivity index (χ0n) is 84.4. The summed E-state index contributed by atoms with van der Waals surface area (Å²) in [5.74, 6) is 4.49. The van der Waals surface area contributed by atoms with E-state index in [4.69, 9.17) is 68.0 Å². The average molecular weight is 2180 g/mol. The van der Waals surface area contributed by atoms with E-state index in [9.17, 15) is 49.5 Å². The van der Waals surface area contributed by atoms with Gasteiger partial charge in [-0.3, -0.25) is 19.2 Å². The van der Waals surface area contributed by atoms with Gasteiger partial charge in [-0.2, -0.15) is 0 Å². The van der Waals surface area contributed by atoms with Crippen LogP contribution in [-0.4, -0.2) is 219 Å². The van der Waals surface area contributed by atoms with Crippen molar-refractivity contribution in [2.45, 2.75) is 228 Å². The smallest absolute Gasteiger partial charge is 0.264 e. The zero-order valence-corrected chi connectivity index (χ0v) is 92.4.